The number of ether oxygens (including phenoxy) is 1. The molecule has 30 heavy (non-hydrogen) atoms. The molecule has 0 saturated carbocycles. The van der Waals surface area contributed by atoms with Gasteiger partial charge in [-0.3, -0.25) is 19.7 Å². The second kappa shape index (κ2) is 7.56. The molecule has 156 valence electrons. The zero-order chi connectivity index (χ0) is 21.6. The molecule has 1 amide bonds. The molecule has 2 aromatic carbocycles. The van der Waals surface area contributed by atoms with Crippen molar-refractivity contribution in [2.75, 3.05) is 13.1 Å². The minimum absolute atomic E-state index is 0.0164. The molecule has 4 rings (SSSR count). The fourth-order valence-electron chi connectivity index (χ4n) is 3.98. The molecule has 0 bridgehead atoms. The topological polar surface area (TPSA) is 89.8 Å². The molecule has 2 aliphatic rings. The Morgan fingerprint density at radius 3 is 2.53 bits per heavy atom. The summed E-state index contributed by atoms with van der Waals surface area (Å²) < 4.78 is 6.24. The third-order valence-corrected chi connectivity index (χ3v) is 6.45. The number of halogens is 2. The van der Waals surface area contributed by atoms with Gasteiger partial charge in [-0.15, -0.1) is 0 Å². The van der Waals surface area contributed by atoms with E-state index in [-0.39, 0.29) is 34.4 Å². The molecule has 7 nitrogen and oxygen atoms in total. The summed E-state index contributed by atoms with van der Waals surface area (Å²) in [5.74, 6) is 0.197. The van der Waals surface area contributed by atoms with E-state index < -0.39 is 10.5 Å². The molecule has 0 radical (unpaired) electrons. The lowest BCUT2D eigenvalue weighted by Gasteiger charge is -2.44. The van der Waals surface area contributed by atoms with E-state index in [9.17, 15) is 19.7 Å². The first kappa shape index (κ1) is 20.6. The molecule has 9 heteroatoms. The predicted octanol–water partition coefficient (Wildman–Crippen LogP) is 4.85. The highest BCUT2D eigenvalue weighted by molar-refractivity contribution is 6.32. The van der Waals surface area contributed by atoms with Crippen LogP contribution in [0, 0.1) is 17.0 Å². The third kappa shape index (κ3) is 3.63. The quantitative estimate of drug-likeness (QED) is 0.483. The minimum Gasteiger partial charge on any atom is -0.486 e. The van der Waals surface area contributed by atoms with Crippen LogP contribution in [0.3, 0.4) is 0 Å². The lowest BCUT2D eigenvalue weighted by Crippen LogP contribution is -2.52. The van der Waals surface area contributed by atoms with Crippen molar-refractivity contribution < 1.29 is 19.2 Å². The highest BCUT2D eigenvalue weighted by Crippen LogP contribution is 2.41. The minimum atomic E-state index is -0.660. The highest BCUT2D eigenvalue weighted by atomic mass is 35.5. The summed E-state index contributed by atoms with van der Waals surface area (Å²) in [5.41, 5.74) is 0.564. The van der Waals surface area contributed by atoms with E-state index in [4.69, 9.17) is 27.9 Å². The molecule has 0 aromatic heterocycles. The molecule has 1 fully saturated rings. The van der Waals surface area contributed by atoms with Gasteiger partial charge in [-0.05, 0) is 36.8 Å². The molecule has 0 unspecified atom stereocenters. The number of piperidine rings is 1. The van der Waals surface area contributed by atoms with Crippen molar-refractivity contribution >= 4 is 40.6 Å². The number of amides is 1. The molecule has 2 aliphatic heterocycles. The number of nitro groups is 1. The Morgan fingerprint density at radius 1 is 1.17 bits per heavy atom. The Balaban J connectivity index is 1.51. The Morgan fingerprint density at radius 2 is 1.87 bits per heavy atom. The number of hydrogen-bond donors (Lipinski definition) is 0. The van der Waals surface area contributed by atoms with Gasteiger partial charge in [0.05, 0.1) is 16.9 Å². The van der Waals surface area contributed by atoms with Crippen molar-refractivity contribution in [2.24, 2.45) is 0 Å². The zero-order valence-electron chi connectivity index (χ0n) is 16.1. The number of aryl methyl sites for hydroxylation is 1. The van der Waals surface area contributed by atoms with Gasteiger partial charge in [0.1, 0.15) is 16.4 Å². The van der Waals surface area contributed by atoms with Crippen LogP contribution in [0.1, 0.15) is 45.5 Å². The van der Waals surface area contributed by atoms with Crippen molar-refractivity contribution in [3.8, 4) is 5.75 Å². The van der Waals surface area contributed by atoms with Crippen LogP contribution < -0.4 is 4.74 Å². The lowest BCUT2D eigenvalue weighted by molar-refractivity contribution is -0.384. The third-order valence-electron chi connectivity index (χ3n) is 5.72. The number of carbonyl (C=O) groups excluding carboxylic acids is 2. The summed E-state index contributed by atoms with van der Waals surface area (Å²) >= 11 is 12.0. The fraction of sp³-hybridized carbons (Fsp3) is 0.333. The van der Waals surface area contributed by atoms with Gasteiger partial charge in [-0.25, -0.2) is 0 Å². The van der Waals surface area contributed by atoms with Crippen molar-refractivity contribution in [1.82, 2.24) is 4.90 Å². The Bertz CT molecular complexity index is 1080. The monoisotopic (exact) mass is 448 g/mol. The number of likely N-dealkylation sites (tertiary alicyclic amines) is 1. The maximum atomic E-state index is 12.8. The maximum Gasteiger partial charge on any atom is 0.288 e. The average Bonchev–Trinajstić information content (AvgIpc) is 2.70. The van der Waals surface area contributed by atoms with E-state index >= 15 is 0 Å². The SMILES string of the molecule is Cc1cc2c(cc1Cl)C(=O)CC1(CCN(C(=O)c3ccc(Cl)c([N+](=O)[O-])c3)CC1)O2. The van der Waals surface area contributed by atoms with Gasteiger partial charge in [0.25, 0.3) is 11.6 Å². The molecule has 1 spiro atoms. The zero-order valence-corrected chi connectivity index (χ0v) is 17.6. The van der Waals surface area contributed by atoms with Crippen molar-refractivity contribution in [2.45, 2.75) is 31.8 Å². The molecule has 0 aliphatic carbocycles. The molecule has 2 heterocycles. The molecule has 1 saturated heterocycles. The van der Waals surface area contributed by atoms with Crippen molar-refractivity contribution in [1.29, 1.82) is 0 Å². The van der Waals surface area contributed by atoms with Crippen LogP contribution >= 0.6 is 23.2 Å². The van der Waals surface area contributed by atoms with E-state index in [2.05, 4.69) is 0 Å². The Hall–Kier alpha value is -2.64. The first-order chi connectivity index (χ1) is 14.2. The van der Waals surface area contributed by atoms with E-state index in [0.29, 0.717) is 42.3 Å². The van der Waals surface area contributed by atoms with Gasteiger partial charge in [-0.2, -0.15) is 0 Å². The van der Waals surface area contributed by atoms with Crippen LogP contribution in [-0.2, 0) is 0 Å². The normalized spacial score (nSPS) is 17.4. The van der Waals surface area contributed by atoms with E-state index in [1.165, 1.54) is 18.2 Å². The summed E-state index contributed by atoms with van der Waals surface area (Å²) in [6.07, 6.45) is 1.20. The number of rotatable bonds is 2. The predicted molar refractivity (Wildman–Crippen MR) is 112 cm³/mol. The van der Waals surface area contributed by atoms with Gasteiger partial charge in [-0.1, -0.05) is 23.2 Å². The van der Waals surface area contributed by atoms with Crippen LogP contribution in [0.2, 0.25) is 10.0 Å². The summed E-state index contributed by atoms with van der Waals surface area (Å²) in [6, 6.07) is 7.45. The standard InChI is InChI=1S/C21H18Cl2N2O5/c1-12-8-19-14(10-16(12)23)18(26)11-21(30-19)4-6-24(7-5-21)20(27)13-2-3-15(22)17(9-13)25(28)29/h2-3,8-10H,4-7,11H2,1H3. The fourth-order valence-corrected chi connectivity index (χ4v) is 4.33. The van der Waals surface area contributed by atoms with Crippen LogP contribution in [0.5, 0.6) is 5.75 Å². The van der Waals surface area contributed by atoms with E-state index in [1.54, 1.807) is 17.0 Å². The second-order valence-corrected chi connectivity index (χ2v) is 8.51. The summed E-state index contributed by atoms with van der Waals surface area (Å²) in [4.78, 5) is 37.6. The first-order valence-electron chi connectivity index (χ1n) is 9.45. The molecule has 0 N–H and O–H groups in total. The lowest BCUT2D eigenvalue weighted by atomic mass is 9.82. The molecular formula is C21H18Cl2N2O5. The number of fused-ring (bicyclic) bond motifs is 1. The van der Waals surface area contributed by atoms with Crippen LogP contribution in [-0.4, -0.2) is 40.2 Å². The summed E-state index contributed by atoms with van der Waals surface area (Å²) in [7, 11) is 0. The summed E-state index contributed by atoms with van der Waals surface area (Å²) in [6.45, 7) is 2.61. The van der Waals surface area contributed by atoms with Crippen LogP contribution in [0.4, 0.5) is 5.69 Å². The van der Waals surface area contributed by atoms with Crippen molar-refractivity contribution in [3.05, 3.63) is 67.2 Å². The molecule has 2 aromatic rings. The number of carbonyl (C=O) groups is 2. The number of nitrogens with zero attached hydrogens (tertiary/aromatic N) is 2. The number of benzene rings is 2. The molecular weight excluding hydrogens is 431 g/mol. The highest BCUT2D eigenvalue weighted by Gasteiger charge is 2.44. The van der Waals surface area contributed by atoms with Gasteiger partial charge in [0.15, 0.2) is 5.78 Å². The number of Topliss-reactive ketones (excluding diaryl/α,β-unsaturated/α-hetero) is 1. The maximum absolute atomic E-state index is 12.8. The number of nitro benzene ring substituents is 1. The van der Waals surface area contributed by atoms with E-state index in [0.717, 1.165) is 5.56 Å². The smallest absolute Gasteiger partial charge is 0.288 e. The first-order valence-corrected chi connectivity index (χ1v) is 10.2. The van der Waals surface area contributed by atoms with Gasteiger partial charge in [0, 0.05) is 42.6 Å². The van der Waals surface area contributed by atoms with Gasteiger partial charge < -0.3 is 9.64 Å². The van der Waals surface area contributed by atoms with Crippen molar-refractivity contribution in [3.63, 3.8) is 0 Å². The van der Waals surface area contributed by atoms with Gasteiger partial charge >= 0.3 is 0 Å². The van der Waals surface area contributed by atoms with E-state index in [1.807, 2.05) is 6.92 Å². The largest absolute Gasteiger partial charge is 0.486 e. The second-order valence-electron chi connectivity index (χ2n) is 7.70. The van der Waals surface area contributed by atoms with Crippen LogP contribution in [0.15, 0.2) is 30.3 Å². The molecule has 0 atom stereocenters. The average molecular weight is 449 g/mol. The van der Waals surface area contributed by atoms with Gasteiger partial charge in [0.2, 0.25) is 0 Å². The number of hydrogen-bond acceptors (Lipinski definition) is 5. The number of ketones is 1. The Kier molecular flexibility index (Phi) is 5.20. The summed E-state index contributed by atoms with van der Waals surface area (Å²) in [5, 5.41) is 11.6. The Labute approximate surface area is 182 Å². The van der Waals surface area contributed by atoms with Crippen LogP contribution in [0.25, 0.3) is 0 Å².